The van der Waals surface area contributed by atoms with Gasteiger partial charge in [0.1, 0.15) is 0 Å². The smallest absolute Gasteiger partial charge is 0.380 e. The van der Waals surface area contributed by atoms with E-state index in [0.29, 0.717) is 0 Å². The van der Waals surface area contributed by atoms with Gasteiger partial charge in [-0.1, -0.05) is 27.7 Å². The molecule has 80 valence electrons. The zero-order valence-corrected chi connectivity index (χ0v) is 8.44. The van der Waals surface area contributed by atoms with Crippen LogP contribution in [0.3, 0.4) is 0 Å². The fourth-order valence-electron chi connectivity index (χ4n) is 1.33. The topological polar surface area (TPSA) is 20.2 Å². The second kappa shape index (κ2) is 3.86. The summed E-state index contributed by atoms with van der Waals surface area (Å²) in [5.74, 6) is -0.968. The van der Waals surface area contributed by atoms with Gasteiger partial charge in [-0.3, -0.25) is 0 Å². The standard InChI is InChI=1S/C9H17F3O/c1-5-8(13,9(10,11)12)7(4)6(2)3/h6-7,13H,5H2,1-4H3. The number of halogens is 3. The molecule has 0 bridgehead atoms. The van der Waals surface area contributed by atoms with E-state index < -0.39 is 17.7 Å². The van der Waals surface area contributed by atoms with Crippen molar-refractivity contribution in [3.8, 4) is 0 Å². The summed E-state index contributed by atoms with van der Waals surface area (Å²) in [6.07, 6.45) is -4.83. The molecule has 0 heterocycles. The molecule has 0 aromatic heterocycles. The fraction of sp³-hybridized carbons (Fsp3) is 1.00. The Morgan fingerprint density at radius 3 is 1.62 bits per heavy atom. The van der Waals surface area contributed by atoms with Crippen molar-refractivity contribution in [3.63, 3.8) is 0 Å². The minimum absolute atomic E-state index is 0.188. The molecule has 0 aliphatic rings. The molecule has 2 unspecified atom stereocenters. The van der Waals surface area contributed by atoms with E-state index in [1.54, 1.807) is 13.8 Å². The monoisotopic (exact) mass is 198 g/mol. The van der Waals surface area contributed by atoms with Crippen LogP contribution in [-0.2, 0) is 0 Å². The lowest BCUT2D eigenvalue weighted by molar-refractivity contribution is -0.283. The highest BCUT2D eigenvalue weighted by Crippen LogP contribution is 2.41. The first-order valence-electron chi connectivity index (χ1n) is 4.46. The first-order chi connectivity index (χ1) is 5.66. The van der Waals surface area contributed by atoms with Crippen LogP contribution in [0.25, 0.3) is 0 Å². The number of aliphatic hydroxyl groups is 1. The number of hydrogen-bond donors (Lipinski definition) is 1. The third-order valence-electron chi connectivity index (χ3n) is 2.78. The summed E-state index contributed by atoms with van der Waals surface area (Å²) < 4.78 is 37.4. The van der Waals surface area contributed by atoms with Crippen LogP contribution in [0.2, 0.25) is 0 Å². The van der Waals surface area contributed by atoms with Crippen molar-refractivity contribution in [1.29, 1.82) is 0 Å². The average Bonchev–Trinajstić information content (AvgIpc) is 1.99. The Bertz CT molecular complexity index is 165. The second-order valence-electron chi connectivity index (χ2n) is 3.81. The molecular formula is C9H17F3O. The highest BCUT2D eigenvalue weighted by Gasteiger charge is 2.56. The summed E-state index contributed by atoms with van der Waals surface area (Å²) in [5, 5.41) is 9.47. The van der Waals surface area contributed by atoms with E-state index in [-0.39, 0.29) is 12.3 Å². The number of hydrogen-bond acceptors (Lipinski definition) is 1. The Hall–Kier alpha value is -0.250. The van der Waals surface area contributed by atoms with Gasteiger partial charge >= 0.3 is 6.18 Å². The lowest BCUT2D eigenvalue weighted by Gasteiger charge is -2.37. The minimum atomic E-state index is -4.54. The van der Waals surface area contributed by atoms with Crippen molar-refractivity contribution < 1.29 is 18.3 Å². The zero-order valence-electron chi connectivity index (χ0n) is 8.44. The normalized spacial score (nSPS) is 20.1. The molecule has 0 fully saturated rings. The molecule has 0 aromatic rings. The van der Waals surface area contributed by atoms with Gasteiger partial charge in [-0.05, 0) is 18.3 Å². The summed E-state index contributed by atoms with van der Waals surface area (Å²) in [4.78, 5) is 0. The third-order valence-corrected chi connectivity index (χ3v) is 2.78. The van der Waals surface area contributed by atoms with E-state index in [1.807, 2.05) is 0 Å². The predicted molar refractivity (Wildman–Crippen MR) is 45.3 cm³/mol. The van der Waals surface area contributed by atoms with Gasteiger partial charge in [0.2, 0.25) is 0 Å². The Morgan fingerprint density at radius 1 is 1.15 bits per heavy atom. The Balaban J connectivity index is 4.84. The summed E-state index contributed by atoms with van der Waals surface area (Å²) in [7, 11) is 0. The molecule has 1 nitrogen and oxygen atoms in total. The summed E-state index contributed by atoms with van der Waals surface area (Å²) in [5.41, 5.74) is -2.54. The maximum absolute atomic E-state index is 12.5. The molecule has 0 spiro atoms. The van der Waals surface area contributed by atoms with Crippen LogP contribution >= 0.6 is 0 Å². The van der Waals surface area contributed by atoms with E-state index in [1.165, 1.54) is 13.8 Å². The van der Waals surface area contributed by atoms with E-state index in [4.69, 9.17) is 0 Å². The molecule has 1 N–H and O–H groups in total. The maximum atomic E-state index is 12.5. The molecular weight excluding hydrogens is 181 g/mol. The lowest BCUT2D eigenvalue weighted by atomic mass is 9.79. The first-order valence-corrected chi connectivity index (χ1v) is 4.46. The van der Waals surface area contributed by atoms with Crippen molar-refractivity contribution >= 4 is 0 Å². The van der Waals surface area contributed by atoms with Crippen molar-refractivity contribution in [2.24, 2.45) is 11.8 Å². The largest absolute Gasteiger partial charge is 0.417 e. The molecule has 0 saturated carbocycles. The van der Waals surface area contributed by atoms with Gasteiger partial charge in [-0.2, -0.15) is 13.2 Å². The first kappa shape index (κ1) is 12.8. The quantitative estimate of drug-likeness (QED) is 0.739. The van der Waals surface area contributed by atoms with Gasteiger partial charge in [-0.15, -0.1) is 0 Å². The van der Waals surface area contributed by atoms with Gasteiger partial charge in [0.15, 0.2) is 5.60 Å². The van der Waals surface area contributed by atoms with Gasteiger partial charge < -0.3 is 5.11 Å². The average molecular weight is 198 g/mol. The van der Waals surface area contributed by atoms with Crippen LogP contribution in [0.5, 0.6) is 0 Å². The third kappa shape index (κ3) is 2.36. The molecule has 2 atom stereocenters. The molecule has 0 aliphatic heterocycles. The zero-order chi connectivity index (χ0) is 10.9. The summed E-state index contributed by atoms with van der Waals surface area (Å²) in [6.45, 7) is 6.14. The highest BCUT2D eigenvalue weighted by molar-refractivity contribution is 4.91. The molecule has 0 radical (unpaired) electrons. The maximum Gasteiger partial charge on any atom is 0.417 e. The van der Waals surface area contributed by atoms with Crippen LogP contribution in [0.4, 0.5) is 13.2 Å². The van der Waals surface area contributed by atoms with E-state index in [0.717, 1.165) is 0 Å². The van der Waals surface area contributed by atoms with Crippen LogP contribution in [0, 0.1) is 11.8 Å². The van der Waals surface area contributed by atoms with Gasteiger partial charge in [-0.25, -0.2) is 0 Å². The van der Waals surface area contributed by atoms with Crippen molar-refractivity contribution in [2.45, 2.75) is 45.9 Å². The fourth-order valence-corrected chi connectivity index (χ4v) is 1.33. The number of alkyl halides is 3. The van der Waals surface area contributed by atoms with Gasteiger partial charge in [0, 0.05) is 0 Å². The van der Waals surface area contributed by atoms with E-state index in [9.17, 15) is 18.3 Å². The molecule has 0 aromatic carbocycles. The van der Waals surface area contributed by atoms with Gasteiger partial charge in [0.05, 0.1) is 0 Å². The van der Waals surface area contributed by atoms with Crippen LogP contribution in [-0.4, -0.2) is 16.9 Å². The molecule has 0 saturated heterocycles. The summed E-state index contributed by atoms with van der Waals surface area (Å²) >= 11 is 0. The van der Waals surface area contributed by atoms with Crippen LogP contribution < -0.4 is 0 Å². The van der Waals surface area contributed by atoms with Crippen LogP contribution in [0.15, 0.2) is 0 Å². The second-order valence-corrected chi connectivity index (χ2v) is 3.81. The molecule has 0 amide bonds. The minimum Gasteiger partial charge on any atom is -0.380 e. The van der Waals surface area contributed by atoms with Crippen molar-refractivity contribution in [2.75, 3.05) is 0 Å². The van der Waals surface area contributed by atoms with Gasteiger partial charge in [0.25, 0.3) is 0 Å². The van der Waals surface area contributed by atoms with Crippen molar-refractivity contribution in [1.82, 2.24) is 0 Å². The van der Waals surface area contributed by atoms with E-state index >= 15 is 0 Å². The Kier molecular flexibility index (Phi) is 3.79. The molecule has 0 rings (SSSR count). The van der Waals surface area contributed by atoms with Crippen LogP contribution in [0.1, 0.15) is 34.1 Å². The summed E-state index contributed by atoms with van der Waals surface area (Å²) in [6, 6.07) is 0. The predicted octanol–water partition coefficient (Wildman–Crippen LogP) is 2.98. The molecule has 4 heteroatoms. The Morgan fingerprint density at radius 2 is 1.54 bits per heavy atom. The highest BCUT2D eigenvalue weighted by atomic mass is 19.4. The lowest BCUT2D eigenvalue weighted by Crippen LogP contribution is -2.51. The van der Waals surface area contributed by atoms with Crippen molar-refractivity contribution in [3.05, 3.63) is 0 Å². The SMILES string of the molecule is CCC(O)(C(C)C(C)C)C(F)(F)F. The molecule has 0 aliphatic carbocycles. The molecule has 13 heavy (non-hydrogen) atoms. The number of rotatable bonds is 3. The van der Waals surface area contributed by atoms with E-state index in [2.05, 4.69) is 0 Å². The Labute approximate surface area is 76.9 Å².